The second kappa shape index (κ2) is 6.00. The van der Waals surface area contributed by atoms with Gasteiger partial charge in [0.05, 0.1) is 0 Å². The first kappa shape index (κ1) is 13.1. The van der Waals surface area contributed by atoms with E-state index in [1.54, 1.807) is 4.90 Å². The first-order valence-electron chi connectivity index (χ1n) is 6.07. The summed E-state index contributed by atoms with van der Waals surface area (Å²) in [5, 5.41) is -0.193. The van der Waals surface area contributed by atoms with Crippen LogP contribution in [0.25, 0.3) is 0 Å². The fourth-order valence-corrected chi connectivity index (χ4v) is 2.02. The Hall–Kier alpha value is -1.36. The van der Waals surface area contributed by atoms with Gasteiger partial charge < -0.3 is 14.4 Å². The monoisotopic (exact) mass is 267 g/mol. The maximum atomic E-state index is 11.4. The Morgan fingerprint density at radius 1 is 1.39 bits per heavy atom. The molecule has 1 aromatic rings. The third kappa shape index (κ3) is 3.10. The van der Waals surface area contributed by atoms with Crippen molar-refractivity contribution in [2.75, 3.05) is 13.3 Å². The van der Waals surface area contributed by atoms with E-state index in [4.69, 9.17) is 9.47 Å². The minimum absolute atomic E-state index is 0.193. The molecule has 0 saturated heterocycles. The number of hydrogen-bond acceptors (Lipinski definition) is 3. The van der Waals surface area contributed by atoms with E-state index in [0.717, 1.165) is 36.4 Å². The molecular formula is C13H17NO3S. The third-order valence-corrected chi connectivity index (χ3v) is 3.15. The fraction of sp³-hybridized carbons (Fsp3) is 0.462. The minimum atomic E-state index is -0.193. The molecule has 98 valence electrons. The molecule has 0 aromatic heterocycles. The molecular weight excluding hydrogens is 250 g/mol. The number of carbonyl (C=O) groups is 1. The molecule has 4 nitrogen and oxygen atoms in total. The summed E-state index contributed by atoms with van der Waals surface area (Å²) in [6.45, 7) is 3.65. The molecule has 0 bridgehead atoms. The van der Waals surface area contributed by atoms with Crippen LogP contribution in [0, 0.1) is 0 Å². The SMILES string of the molecule is CCCCN(Cc1ccc2c(c1)OCO2)C(=O)S. The van der Waals surface area contributed by atoms with Gasteiger partial charge in [-0.2, -0.15) is 0 Å². The highest BCUT2D eigenvalue weighted by atomic mass is 32.1. The van der Waals surface area contributed by atoms with Crippen LogP contribution in [-0.4, -0.2) is 23.5 Å². The lowest BCUT2D eigenvalue weighted by Crippen LogP contribution is -2.26. The van der Waals surface area contributed by atoms with Crippen LogP contribution in [0.1, 0.15) is 25.3 Å². The average molecular weight is 267 g/mol. The molecule has 1 aliphatic rings. The Kier molecular flexibility index (Phi) is 4.36. The number of hydrogen-bond donors (Lipinski definition) is 1. The summed E-state index contributed by atoms with van der Waals surface area (Å²) in [4.78, 5) is 13.1. The molecule has 5 heteroatoms. The molecule has 0 aliphatic carbocycles. The van der Waals surface area contributed by atoms with Crippen molar-refractivity contribution in [1.82, 2.24) is 4.90 Å². The smallest absolute Gasteiger partial charge is 0.278 e. The van der Waals surface area contributed by atoms with E-state index in [1.165, 1.54) is 0 Å². The van der Waals surface area contributed by atoms with Gasteiger partial charge in [-0.15, -0.1) is 0 Å². The van der Waals surface area contributed by atoms with E-state index >= 15 is 0 Å². The summed E-state index contributed by atoms with van der Waals surface area (Å²) >= 11 is 3.91. The van der Waals surface area contributed by atoms with Gasteiger partial charge in [0.25, 0.3) is 5.24 Å². The van der Waals surface area contributed by atoms with Gasteiger partial charge >= 0.3 is 0 Å². The molecule has 1 heterocycles. The highest BCUT2D eigenvalue weighted by molar-refractivity contribution is 7.96. The average Bonchev–Trinajstić information content (AvgIpc) is 2.81. The van der Waals surface area contributed by atoms with Crippen molar-refractivity contribution in [3.63, 3.8) is 0 Å². The summed E-state index contributed by atoms with van der Waals surface area (Å²) in [7, 11) is 0. The summed E-state index contributed by atoms with van der Waals surface area (Å²) in [6.07, 6.45) is 2.04. The Bertz CT molecular complexity index is 436. The van der Waals surface area contributed by atoms with Crippen LogP contribution in [0.3, 0.4) is 0 Å². The Morgan fingerprint density at radius 3 is 2.89 bits per heavy atom. The molecule has 0 fully saturated rings. The number of fused-ring (bicyclic) bond motifs is 1. The molecule has 0 unspecified atom stereocenters. The second-order valence-electron chi connectivity index (χ2n) is 4.25. The van der Waals surface area contributed by atoms with Crippen molar-refractivity contribution >= 4 is 17.9 Å². The van der Waals surface area contributed by atoms with Gasteiger partial charge in [0.1, 0.15) is 0 Å². The van der Waals surface area contributed by atoms with Gasteiger partial charge in [-0.3, -0.25) is 4.79 Å². The van der Waals surface area contributed by atoms with Crippen molar-refractivity contribution in [3.05, 3.63) is 23.8 Å². The fourth-order valence-electron chi connectivity index (χ4n) is 1.85. The number of amides is 1. The first-order valence-corrected chi connectivity index (χ1v) is 6.52. The van der Waals surface area contributed by atoms with Crippen molar-refractivity contribution < 1.29 is 14.3 Å². The van der Waals surface area contributed by atoms with Crippen LogP contribution in [-0.2, 0) is 6.54 Å². The predicted octanol–water partition coefficient (Wildman–Crippen LogP) is 3.07. The summed E-state index contributed by atoms with van der Waals surface area (Å²) < 4.78 is 10.6. The van der Waals surface area contributed by atoms with Crippen LogP contribution >= 0.6 is 12.6 Å². The Morgan fingerprint density at radius 2 is 2.17 bits per heavy atom. The number of nitrogens with zero attached hydrogens (tertiary/aromatic N) is 1. The lowest BCUT2D eigenvalue weighted by atomic mass is 10.2. The van der Waals surface area contributed by atoms with E-state index in [1.807, 2.05) is 18.2 Å². The molecule has 0 radical (unpaired) electrons. The quantitative estimate of drug-likeness (QED) is 0.833. The zero-order valence-corrected chi connectivity index (χ0v) is 11.3. The molecule has 2 rings (SSSR count). The number of benzene rings is 1. The van der Waals surface area contributed by atoms with Crippen LogP contribution in [0.15, 0.2) is 18.2 Å². The van der Waals surface area contributed by atoms with Crippen molar-refractivity contribution in [1.29, 1.82) is 0 Å². The highest BCUT2D eigenvalue weighted by Crippen LogP contribution is 2.32. The number of thiol groups is 1. The molecule has 1 amide bonds. The molecule has 0 N–H and O–H groups in total. The molecule has 1 aliphatic heterocycles. The zero-order valence-electron chi connectivity index (χ0n) is 10.4. The molecule has 1 aromatic carbocycles. The van der Waals surface area contributed by atoms with Gasteiger partial charge in [-0.05, 0) is 24.1 Å². The van der Waals surface area contributed by atoms with Gasteiger partial charge in [0.15, 0.2) is 11.5 Å². The van der Waals surface area contributed by atoms with E-state index in [9.17, 15) is 4.79 Å². The minimum Gasteiger partial charge on any atom is -0.454 e. The molecule has 18 heavy (non-hydrogen) atoms. The van der Waals surface area contributed by atoms with Crippen LogP contribution in [0.5, 0.6) is 11.5 Å². The van der Waals surface area contributed by atoms with Crippen LogP contribution in [0.4, 0.5) is 4.79 Å². The van der Waals surface area contributed by atoms with E-state index < -0.39 is 0 Å². The lowest BCUT2D eigenvalue weighted by Gasteiger charge is -2.20. The second-order valence-corrected chi connectivity index (χ2v) is 4.63. The summed E-state index contributed by atoms with van der Waals surface area (Å²) in [6, 6.07) is 5.74. The number of rotatable bonds is 5. The molecule has 0 spiro atoms. The van der Waals surface area contributed by atoms with E-state index in [-0.39, 0.29) is 12.0 Å². The zero-order chi connectivity index (χ0) is 13.0. The summed E-state index contributed by atoms with van der Waals surface area (Å²) in [5.74, 6) is 1.51. The third-order valence-electron chi connectivity index (χ3n) is 2.86. The van der Waals surface area contributed by atoms with Crippen LogP contribution < -0.4 is 9.47 Å². The first-order chi connectivity index (χ1) is 8.70. The highest BCUT2D eigenvalue weighted by Gasteiger charge is 2.15. The number of ether oxygens (including phenoxy) is 2. The predicted molar refractivity (Wildman–Crippen MR) is 72.3 cm³/mol. The molecule has 0 saturated carbocycles. The Labute approximate surface area is 112 Å². The molecule has 0 atom stereocenters. The summed E-state index contributed by atoms with van der Waals surface area (Å²) in [5.41, 5.74) is 1.03. The van der Waals surface area contributed by atoms with Crippen LogP contribution in [0.2, 0.25) is 0 Å². The van der Waals surface area contributed by atoms with E-state index in [0.29, 0.717) is 6.54 Å². The van der Waals surface area contributed by atoms with E-state index in [2.05, 4.69) is 19.6 Å². The van der Waals surface area contributed by atoms with Gasteiger partial charge in [0.2, 0.25) is 6.79 Å². The maximum Gasteiger partial charge on any atom is 0.278 e. The largest absolute Gasteiger partial charge is 0.454 e. The van der Waals surface area contributed by atoms with Gasteiger partial charge in [0, 0.05) is 13.1 Å². The van der Waals surface area contributed by atoms with Crippen molar-refractivity contribution in [3.8, 4) is 11.5 Å². The van der Waals surface area contributed by atoms with Crippen molar-refractivity contribution in [2.45, 2.75) is 26.3 Å². The van der Waals surface area contributed by atoms with Crippen molar-refractivity contribution in [2.24, 2.45) is 0 Å². The maximum absolute atomic E-state index is 11.4. The number of unbranched alkanes of at least 4 members (excludes halogenated alkanes) is 1. The standard InChI is InChI=1S/C13H17NO3S/c1-2-3-6-14(13(15)18)8-10-4-5-11-12(7-10)17-9-16-11/h4-5,7H,2-3,6,8-9H2,1H3,(H,15,18). The van der Waals surface area contributed by atoms with Gasteiger partial charge in [-0.25, -0.2) is 0 Å². The topological polar surface area (TPSA) is 38.8 Å². The Balaban J connectivity index is 2.04. The number of carbonyl (C=O) groups excluding carboxylic acids is 1. The van der Waals surface area contributed by atoms with Gasteiger partial charge in [-0.1, -0.05) is 32.0 Å². The lowest BCUT2D eigenvalue weighted by molar-refractivity contribution is 0.174. The normalized spacial score (nSPS) is 12.6.